The second-order valence-corrected chi connectivity index (χ2v) is 6.82. The number of ether oxygens (including phenoxy) is 2. The Balaban J connectivity index is 1.80. The summed E-state index contributed by atoms with van der Waals surface area (Å²) in [4.78, 5) is 17.6. The zero-order valence-corrected chi connectivity index (χ0v) is 15.0. The first-order chi connectivity index (χ1) is 12.7. The van der Waals surface area contributed by atoms with Crippen LogP contribution in [0.4, 0.5) is 0 Å². The van der Waals surface area contributed by atoms with Crippen LogP contribution in [0.25, 0.3) is 10.2 Å². The van der Waals surface area contributed by atoms with Gasteiger partial charge in [-0.05, 0) is 42.3 Å². The fraction of sp³-hybridized carbons (Fsp3) is 0.200. The van der Waals surface area contributed by atoms with Crippen LogP contribution in [0.5, 0.6) is 11.5 Å². The van der Waals surface area contributed by atoms with Gasteiger partial charge in [0.05, 0.1) is 16.8 Å². The Kier molecular flexibility index (Phi) is 4.23. The third-order valence-electron chi connectivity index (χ3n) is 4.22. The van der Waals surface area contributed by atoms with Crippen molar-refractivity contribution in [3.63, 3.8) is 0 Å². The van der Waals surface area contributed by atoms with E-state index in [0.717, 1.165) is 16.6 Å². The van der Waals surface area contributed by atoms with E-state index in [4.69, 9.17) is 15.9 Å². The smallest absolute Gasteiger partial charge is 0.279 e. The van der Waals surface area contributed by atoms with Gasteiger partial charge in [0.15, 0.2) is 16.3 Å². The highest BCUT2D eigenvalue weighted by Crippen LogP contribution is 2.32. The highest BCUT2D eigenvalue weighted by atomic mass is 32.1. The number of hydrogen-bond donors (Lipinski definition) is 0. The maximum absolute atomic E-state index is 12.6. The van der Waals surface area contributed by atoms with E-state index in [1.165, 1.54) is 16.9 Å². The monoisotopic (exact) mass is 364 g/mol. The Morgan fingerprint density at radius 3 is 2.92 bits per heavy atom. The number of thiazole rings is 1. The van der Waals surface area contributed by atoms with E-state index in [2.05, 4.69) is 30.0 Å². The molecule has 1 aliphatic heterocycles. The van der Waals surface area contributed by atoms with Gasteiger partial charge in [-0.1, -0.05) is 30.2 Å². The summed E-state index contributed by atoms with van der Waals surface area (Å²) in [5, 5.41) is 0. The molecule has 130 valence electrons. The number of carbonyl (C=O) groups is 1. The first-order valence-electron chi connectivity index (χ1n) is 8.24. The maximum atomic E-state index is 12.6. The summed E-state index contributed by atoms with van der Waals surface area (Å²) < 4.78 is 13.6. The average Bonchev–Trinajstić information content (AvgIpc) is 3.25. The molecule has 0 saturated carbocycles. The lowest BCUT2D eigenvalue weighted by Gasteiger charge is -2.01. The highest BCUT2D eigenvalue weighted by molar-refractivity contribution is 7.16. The van der Waals surface area contributed by atoms with Crippen molar-refractivity contribution in [2.24, 2.45) is 4.99 Å². The zero-order chi connectivity index (χ0) is 18.1. The Morgan fingerprint density at radius 1 is 1.27 bits per heavy atom. The molecular formula is C20H16N2O3S. The second kappa shape index (κ2) is 6.70. The molecule has 1 aliphatic rings. The lowest BCUT2D eigenvalue weighted by molar-refractivity contribution is 0.0997. The molecule has 1 amide bonds. The van der Waals surface area contributed by atoms with Crippen LogP contribution in [0.3, 0.4) is 0 Å². The van der Waals surface area contributed by atoms with E-state index < -0.39 is 0 Å². The summed E-state index contributed by atoms with van der Waals surface area (Å²) in [6, 6.07) is 11.3. The van der Waals surface area contributed by atoms with Gasteiger partial charge in [0.1, 0.15) is 0 Å². The van der Waals surface area contributed by atoms with Gasteiger partial charge in [0.25, 0.3) is 5.91 Å². The fourth-order valence-electron chi connectivity index (χ4n) is 2.85. The van der Waals surface area contributed by atoms with Crippen molar-refractivity contribution in [2.45, 2.75) is 19.9 Å². The number of aromatic nitrogens is 1. The number of nitrogens with zero attached hydrogens (tertiary/aromatic N) is 2. The fourth-order valence-corrected chi connectivity index (χ4v) is 3.94. The van der Waals surface area contributed by atoms with Gasteiger partial charge >= 0.3 is 0 Å². The molecule has 6 heteroatoms. The first kappa shape index (κ1) is 16.4. The van der Waals surface area contributed by atoms with Crippen molar-refractivity contribution in [2.75, 3.05) is 6.79 Å². The van der Waals surface area contributed by atoms with Crippen LogP contribution in [0, 0.1) is 12.3 Å². The highest BCUT2D eigenvalue weighted by Gasteiger charge is 2.16. The van der Waals surface area contributed by atoms with E-state index in [-0.39, 0.29) is 12.7 Å². The quantitative estimate of drug-likeness (QED) is 0.670. The molecule has 0 N–H and O–H groups in total. The number of amides is 1. The lowest BCUT2D eigenvalue weighted by Crippen LogP contribution is -2.16. The zero-order valence-electron chi connectivity index (χ0n) is 14.2. The Bertz CT molecular complexity index is 1120. The number of aryl methyl sites for hydroxylation is 1. The van der Waals surface area contributed by atoms with Gasteiger partial charge in [-0.25, -0.2) is 0 Å². The number of benzene rings is 2. The number of terminal acetylenes is 1. The summed E-state index contributed by atoms with van der Waals surface area (Å²) in [7, 11) is 0. The summed E-state index contributed by atoms with van der Waals surface area (Å²) in [5.41, 5.74) is 2.68. The van der Waals surface area contributed by atoms with Crippen molar-refractivity contribution in [1.82, 2.24) is 4.57 Å². The summed E-state index contributed by atoms with van der Waals surface area (Å²) in [6.45, 7) is 2.64. The number of rotatable bonds is 3. The minimum absolute atomic E-state index is 0.169. The maximum Gasteiger partial charge on any atom is 0.279 e. The van der Waals surface area contributed by atoms with Gasteiger partial charge in [0.2, 0.25) is 6.79 Å². The third kappa shape index (κ3) is 2.87. The predicted octanol–water partition coefficient (Wildman–Crippen LogP) is 3.37. The largest absolute Gasteiger partial charge is 0.454 e. The van der Waals surface area contributed by atoms with Crippen LogP contribution in [0.15, 0.2) is 41.4 Å². The SMILES string of the molecule is C#CCn1c(=NC(=O)c2ccc3c(c2)OCO3)sc2cc(CC)ccc21. The van der Waals surface area contributed by atoms with E-state index in [1.807, 2.05) is 10.6 Å². The third-order valence-corrected chi connectivity index (χ3v) is 5.26. The molecule has 2 heterocycles. The van der Waals surface area contributed by atoms with Crippen molar-refractivity contribution in [3.05, 3.63) is 52.3 Å². The van der Waals surface area contributed by atoms with Crippen molar-refractivity contribution >= 4 is 27.5 Å². The molecule has 0 fully saturated rings. The lowest BCUT2D eigenvalue weighted by atomic mass is 10.2. The summed E-state index contributed by atoms with van der Waals surface area (Å²) in [5.74, 6) is 3.50. The Hall–Kier alpha value is -3.04. The molecule has 1 aromatic heterocycles. The summed E-state index contributed by atoms with van der Waals surface area (Å²) in [6.07, 6.45) is 6.47. The van der Waals surface area contributed by atoms with Gasteiger partial charge in [-0.2, -0.15) is 4.99 Å². The molecule has 5 nitrogen and oxygen atoms in total. The Morgan fingerprint density at radius 2 is 2.12 bits per heavy atom. The minimum atomic E-state index is -0.337. The predicted molar refractivity (Wildman–Crippen MR) is 100 cm³/mol. The van der Waals surface area contributed by atoms with Crippen LogP contribution < -0.4 is 14.3 Å². The molecular weight excluding hydrogens is 348 g/mol. The molecule has 4 rings (SSSR count). The molecule has 3 aromatic rings. The van der Waals surface area contributed by atoms with Crippen LogP contribution in [-0.2, 0) is 13.0 Å². The molecule has 0 aliphatic carbocycles. The van der Waals surface area contributed by atoms with Crippen molar-refractivity contribution in [1.29, 1.82) is 0 Å². The number of carbonyl (C=O) groups excluding carboxylic acids is 1. The number of hydrogen-bond acceptors (Lipinski definition) is 4. The molecule has 0 unspecified atom stereocenters. The molecule has 26 heavy (non-hydrogen) atoms. The van der Waals surface area contributed by atoms with Gasteiger partial charge in [-0.15, -0.1) is 6.42 Å². The van der Waals surface area contributed by atoms with Crippen molar-refractivity contribution < 1.29 is 14.3 Å². The van der Waals surface area contributed by atoms with E-state index in [0.29, 0.717) is 28.4 Å². The molecule has 0 bridgehead atoms. The molecule has 0 atom stereocenters. The van der Waals surface area contributed by atoms with Gasteiger partial charge in [0, 0.05) is 5.56 Å². The van der Waals surface area contributed by atoms with Crippen LogP contribution in [0.2, 0.25) is 0 Å². The first-order valence-corrected chi connectivity index (χ1v) is 9.05. The standard InChI is InChI=1S/C20H16N2O3S/c1-3-9-22-15-7-5-13(4-2)10-18(15)26-20(22)21-19(23)14-6-8-16-17(11-14)25-12-24-16/h1,5-8,10-11H,4,9,12H2,2H3. The molecule has 0 saturated heterocycles. The topological polar surface area (TPSA) is 52.8 Å². The summed E-state index contributed by atoms with van der Waals surface area (Å²) >= 11 is 1.47. The Labute approximate surface area is 154 Å². The van der Waals surface area contributed by atoms with E-state index in [1.54, 1.807) is 18.2 Å². The van der Waals surface area contributed by atoms with E-state index >= 15 is 0 Å². The van der Waals surface area contributed by atoms with Gasteiger partial charge < -0.3 is 14.0 Å². The van der Waals surface area contributed by atoms with Crippen LogP contribution in [0.1, 0.15) is 22.8 Å². The molecule has 0 spiro atoms. The number of fused-ring (bicyclic) bond motifs is 2. The van der Waals surface area contributed by atoms with Gasteiger partial charge in [-0.3, -0.25) is 4.79 Å². The van der Waals surface area contributed by atoms with Crippen LogP contribution in [-0.4, -0.2) is 17.3 Å². The average molecular weight is 364 g/mol. The van der Waals surface area contributed by atoms with Crippen LogP contribution >= 0.6 is 11.3 Å². The van der Waals surface area contributed by atoms with E-state index in [9.17, 15) is 4.79 Å². The second-order valence-electron chi connectivity index (χ2n) is 5.82. The molecule has 0 radical (unpaired) electrons. The minimum Gasteiger partial charge on any atom is -0.454 e. The normalized spacial score (nSPS) is 13.2. The van der Waals surface area contributed by atoms with Crippen molar-refractivity contribution in [3.8, 4) is 23.8 Å². The molecule has 2 aromatic carbocycles.